The van der Waals surface area contributed by atoms with Gasteiger partial charge in [0, 0.05) is 6.54 Å². The van der Waals surface area contributed by atoms with Crippen molar-refractivity contribution < 1.29 is 13.9 Å². The third-order valence-electron chi connectivity index (χ3n) is 4.41. The van der Waals surface area contributed by atoms with E-state index in [4.69, 9.17) is 10.5 Å². The molecule has 3 rings (SSSR count). The summed E-state index contributed by atoms with van der Waals surface area (Å²) in [5, 5.41) is 0. The van der Waals surface area contributed by atoms with Crippen LogP contribution in [-0.2, 0) is 15.1 Å². The van der Waals surface area contributed by atoms with Gasteiger partial charge in [-0.05, 0) is 30.2 Å². The van der Waals surface area contributed by atoms with Crippen LogP contribution in [0.3, 0.4) is 0 Å². The first-order valence-electron chi connectivity index (χ1n) is 7.99. The zero-order valence-corrected chi connectivity index (χ0v) is 14.8. The lowest BCUT2D eigenvalue weighted by molar-refractivity contribution is -0.144. The van der Waals surface area contributed by atoms with Crippen molar-refractivity contribution in [1.29, 1.82) is 0 Å². The Kier molecular flexibility index (Phi) is 6.16. The van der Waals surface area contributed by atoms with Gasteiger partial charge in [0.1, 0.15) is 17.5 Å². The number of ether oxygens (including phenoxy) is 1. The van der Waals surface area contributed by atoms with Crippen LogP contribution in [0.5, 0.6) is 0 Å². The molecule has 2 unspecified atom stereocenters. The number of amides is 1. The molecule has 1 amide bonds. The molecule has 2 atom stereocenters. The lowest BCUT2D eigenvalue weighted by Crippen LogP contribution is -2.54. The second-order valence-electron chi connectivity index (χ2n) is 6.23. The number of carbonyl (C=O) groups is 1. The number of halogens is 2. The molecule has 0 spiro atoms. The topological polar surface area (TPSA) is 55.6 Å². The quantitative estimate of drug-likeness (QED) is 0.910. The molecule has 0 radical (unpaired) electrons. The van der Waals surface area contributed by atoms with Gasteiger partial charge in [0.25, 0.3) is 0 Å². The zero-order chi connectivity index (χ0) is 17.2. The number of carbonyl (C=O) groups excluding carboxylic acids is 1. The maximum atomic E-state index is 13.1. The second-order valence-corrected chi connectivity index (χ2v) is 6.23. The highest BCUT2D eigenvalue weighted by Gasteiger charge is 2.37. The van der Waals surface area contributed by atoms with Gasteiger partial charge >= 0.3 is 0 Å². The van der Waals surface area contributed by atoms with Gasteiger partial charge in [-0.15, -0.1) is 12.4 Å². The van der Waals surface area contributed by atoms with Crippen molar-refractivity contribution in [2.24, 2.45) is 5.73 Å². The van der Waals surface area contributed by atoms with E-state index in [1.165, 1.54) is 12.1 Å². The van der Waals surface area contributed by atoms with E-state index in [9.17, 15) is 9.18 Å². The zero-order valence-electron chi connectivity index (χ0n) is 14.0. The predicted octanol–water partition coefficient (Wildman–Crippen LogP) is 3.02. The van der Waals surface area contributed by atoms with Crippen molar-refractivity contribution in [3.8, 4) is 0 Å². The average Bonchev–Trinajstić information content (AvgIpc) is 2.62. The summed E-state index contributed by atoms with van der Waals surface area (Å²) in [5.41, 5.74) is 6.88. The van der Waals surface area contributed by atoms with Crippen LogP contribution in [0.4, 0.5) is 4.39 Å². The van der Waals surface area contributed by atoms with Crippen LogP contribution in [-0.4, -0.2) is 30.5 Å². The van der Waals surface area contributed by atoms with E-state index in [1.54, 1.807) is 24.0 Å². The highest BCUT2D eigenvalue weighted by atomic mass is 35.5. The fraction of sp³-hybridized carbons (Fsp3) is 0.316. The molecule has 1 fully saturated rings. The number of nitrogens with two attached hydrogens (primary N) is 1. The summed E-state index contributed by atoms with van der Waals surface area (Å²) in [6, 6.07) is 15.5. The molecule has 0 saturated carbocycles. The van der Waals surface area contributed by atoms with Crippen molar-refractivity contribution in [2.75, 3.05) is 19.7 Å². The number of morpholine rings is 1. The van der Waals surface area contributed by atoms with Crippen molar-refractivity contribution >= 4 is 18.3 Å². The lowest BCUT2D eigenvalue weighted by Gasteiger charge is -2.37. The molecule has 0 aliphatic carbocycles. The number of rotatable bonds is 3. The van der Waals surface area contributed by atoms with Crippen LogP contribution >= 0.6 is 12.4 Å². The molecule has 1 aliphatic heterocycles. The third-order valence-corrected chi connectivity index (χ3v) is 4.41. The summed E-state index contributed by atoms with van der Waals surface area (Å²) in [6.07, 6.45) is -0.269. The van der Waals surface area contributed by atoms with E-state index < -0.39 is 5.54 Å². The molecule has 2 aromatic carbocycles. The first-order valence-corrected chi connectivity index (χ1v) is 7.99. The Bertz CT molecular complexity index is 707. The largest absolute Gasteiger partial charge is 0.370 e. The summed E-state index contributed by atoms with van der Waals surface area (Å²) in [4.78, 5) is 14.7. The van der Waals surface area contributed by atoms with Gasteiger partial charge in [-0.3, -0.25) is 4.79 Å². The monoisotopic (exact) mass is 364 g/mol. The maximum Gasteiger partial charge on any atom is 0.247 e. The maximum absolute atomic E-state index is 13.1. The summed E-state index contributed by atoms with van der Waals surface area (Å²) in [5.74, 6) is -0.426. The molecule has 4 nitrogen and oxygen atoms in total. The van der Waals surface area contributed by atoms with E-state index in [0.29, 0.717) is 19.7 Å². The standard InChI is InChI=1S/C19H21FN2O2.ClH/c1-19(21,15-5-3-2-4-6-15)18(23)22-11-12-24-17(13-22)14-7-9-16(20)10-8-14;/h2-10,17H,11-13,21H2,1H3;1H. The Hall–Kier alpha value is -1.95. The summed E-state index contributed by atoms with van der Waals surface area (Å²) >= 11 is 0. The van der Waals surface area contributed by atoms with Gasteiger partial charge in [0.2, 0.25) is 5.91 Å². The highest BCUT2D eigenvalue weighted by Crippen LogP contribution is 2.26. The van der Waals surface area contributed by atoms with Gasteiger partial charge in [-0.25, -0.2) is 4.39 Å². The molecule has 25 heavy (non-hydrogen) atoms. The number of benzene rings is 2. The minimum Gasteiger partial charge on any atom is -0.370 e. The molecule has 1 heterocycles. The first kappa shape index (κ1) is 19.4. The molecule has 1 saturated heterocycles. The Morgan fingerprint density at radius 1 is 1.20 bits per heavy atom. The Morgan fingerprint density at radius 3 is 2.48 bits per heavy atom. The van der Waals surface area contributed by atoms with Crippen LogP contribution in [0, 0.1) is 5.82 Å². The van der Waals surface area contributed by atoms with Crippen molar-refractivity contribution in [3.63, 3.8) is 0 Å². The molecule has 2 N–H and O–H groups in total. The molecular weight excluding hydrogens is 343 g/mol. The predicted molar refractivity (Wildman–Crippen MR) is 96.9 cm³/mol. The van der Waals surface area contributed by atoms with E-state index in [0.717, 1.165) is 11.1 Å². The van der Waals surface area contributed by atoms with E-state index in [2.05, 4.69) is 0 Å². The average molecular weight is 365 g/mol. The Labute approximate surface area is 153 Å². The SMILES string of the molecule is CC(N)(C(=O)N1CCOC(c2ccc(F)cc2)C1)c1ccccc1.Cl. The normalized spacial score (nSPS) is 19.6. The summed E-state index contributed by atoms with van der Waals surface area (Å²) in [7, 11) is 0. The Balaban J connectivity index is 0.00000225. The molecule has 2 aromatic rings. The van der Waals surface area contributed by atoms with Gasteiger partial charge < -0.3 is 15.4 Å². The molecular formula is C19H22ClFN2O2. The molecule has 1 aliphatic rings. The van der Waals surface area contributed by atoms with E-state index in [-0.39, 0.29) is 30.2 Å². The second kappa shape index (κ2) is 7.95. The van der Waals surface area contributed by atoms with Gasteiger partial charge in [-0.1, -0.05) is 42.5 Å². The van der Waals surface area contributed by atoms with Crippen LogP contribution in [0.1, 0.15) is 24.2 Å². The van der Waals surface area contributed by atoms with Crippen LogP contribution in [0.25, 0.3) is 0 Å². The van der Waals surface area contributed by atoms with Crippen molar-refractivity contribution in [2.45, 2.75) is 18.6 Å². The van der Waals surface area contributed by atoms with E-state index in [1.807, 2.05) is 30.3 Å². The summed E-state index contributed by atoms with van der Waals surface area (Å²) in [6.45, 7) is 3.06. The first-order chi connectivity index (χ1) is 11.5. The van der Waals surface area contributed by atoms with Crippen molar-refractivity contribution in [3.05, 3.63) is 71.5 Å². The number of hydrogen-bond donors (Lipinski definition) is 1. The number of hydrogen-bond acceptors (Lipinski definition) is 3. The van der Waals surface area contributed by atoms with Gasteiger partial charge in [0.05, 0.1) is 13.2 Å². The van der Waals surface area contributed by atoms with Gasteiger partial charge in [0.15, 0.2) is 0 Å². The fourth-order valence-corrected chi connectivity index (χ4v) is 2.95. The minimum atomic E-state index is -1.09. The minimum absolute atomic E-state index is 0. The molecule has 0 aromatic heterocycles. The molecule has 6 heteroatoms. The van der Waals surface area contributed by atoms with Crippen LogP contribution in [0.15, 0.2) is 54.6 Å². The van der Waals surface area contributed by atoms with Crippen LogP contribution in [0.2, 0.25) is 0 Å². The molecule has 134 valence electrons. The van der Waals surface area contributed by atoms with E-state index >= 15 is 0 Å². The highest BCUT2D eigenvalue weighted by molar-refractivity contribution is 5.87. The number of nitrogens with zero attached hydrogens (tertiary/aromatic N) is 1. The smallest absolute Gasteiger partial charge is 0.247 e. The fourth-order valence-electron chi connectivity index (χ4n) is 2.95. The third kappa shape index (κ3) is 4.18. The van der Waals surface area contributed by atoms with Crippen LogP contribution < -0.4 is 5.73 Å². The van der Waals surface area contributed by atoms with Crippen molar-refractivity contribution in [1.82, 2.24) is 4.90 Å². The summed E-state index contributed by atoms with van der Waals surface area (Å²) < 4.78 is 18.8. The molecule has 0 bridgehead atoms. The Morgan fingerprint density at radius 2 is 1.84 bits per heavy atom. The van der Waals surface area contributed by atoms with Gasteiger partial charge in [-0.2, -0.15) is 0 Å². The lowest BCUT2D eigenvalue weighted by atomic mass is 9.91.